The maximum absolute atomic E-state index is 12.7. The molecule has 0 unspecified atom stereocenters. The summed E-state index contributed by atoms with van der Waals surface area (Å²) in [6.45, 7) is 0. The van der Waals surface area contributed by atoms with E-state index in [-0.39, 0.29) is 17.5 Å². The molecule has 0 amide bonds. The van der Waals surface area contributed by atoms with Crippen molar-refractivity contribution < 1.29 is 27.0 Å². The average Bonchev–Trinajstić information content (AvgIpc) is 2.49. The number of rotatable bonds is 4. The molecular formula is C15H10BF4O2. The highest BCUT2D eigenvalue weighted by Crippen LogP contribution is 2.10. The van der Waals surface area contributed by atoms with Crippen molar-refractivity contribution in [1.82, 2.24) is 0 Å². The van der Waals surface area contributed by atoms with Crippen molar-refractivity contribution in [2.24, 2.45) is 0 Å². The molecule has 0 bridgehead atoms. The molecule has 0 aliphatic carbocycles. The Hall–Kier alpha value is -2.44. The highest BCUT2D eigenvalue weighted by Gasteiger charge is 2.13. The summed E-state index contributed by atoms with van der Waals surface area (Å²) in [5.74, 6) is -1.67. The van der Waals surface area contributed by atoms with Crippen LogP contribution in [-0.4, -0.2) is 19.4 Å². The molecule has 2 aromatic carbocycles. The molecule has 0 saturated carbocycles. The molecule has 0 aliphatic rings. The number of halogens is 4. The fourth-order valence-corrected chi connectivity index (χ4v) is 1.62. The van der Waals surface area contributed by atoms with Gasteiger partial charge in [0.2, 0.25) is 0 Å². The van der Waals surface area contributed by atoms with Crippen LogP contribution >= 0.6 is 0 Å². The van der Waals surface area contributed by atoms with Crippen LogP contribution in [0.25, 0.3) is 0 Å². The summed E-state index contributed by atoms with van der Waals surface area (Å²) in [6.07, 6.45) is -0.322. The van der Waals surface area contributed by atoms with E-state index >= 15 is 0 Å². The Balaban J connectivity index is 0.000000745. The van der Waals surface area contributed by atoms with Crippen LogP contribution in [0.1, 0.15) is 27.1 Å². The zero-order chi connectivity index (χ0) is 16.5. The number of ketones is 2. The van der Waals surface area contributed by atoms with Crippen molar-refractivity contribution in [1.29, 1.82) is 0 Å². The van der Waals surface area contributed by atoms with E-state index in [0.717, 1.165) is 24.3 Å². The highest BCUT2D eigenvalue weighted by atomic mass is 19.2. The summed E-state index contributed by atoms with van der Waals surface area (Å²) >= 11 is 0. The van der Waals surface area contributed by atoms with Crippen LogP contribution in [0.4, 0.5) is 17.4 Å². The molecule has 7 heteroatoms. The number of benzene rings is 2. The third-order valence-electron chi connectivity index (χ3n) is 2.65. The van der Waals surface area contributed by atoms with Gasteiger partial charge in [-0.05, 0) is 48.5 Å². The van der Waals surface area contributed by atoms with Crippen molar-refractivity contribution in [3.63, 3.8) is 0 Å². The zero-order valence-corrected chi connectivity index (χ0v) is 11.2. The largest absolute Gasteiger partial charge is 0.577 e. The molecule has 2 aromatic rings. The van der Waals surface area contributed by atoms with Gasteiger partial charge in [-0.2, -0.15) is 0 Å². The van der Waals surface area contributed by atoms with E-state index in [1.165, 1.54) is 24.3 Å². The van der Waals surface area contributed by atoms with Crippen LogP contribution in [-0.2, 0) is 0 Å². The summed E-state index contributed by atoms with van der Waals surface area (Å²) in [7, 11) is -1.00. The zero-order valence-electron chi connectivity index (χ0n) is 11.2. The van der Waals surface area contributed by atoms with E-state index in [1.807, 2.05) is 0 Å². The Kier molecular flexibility index (Phi) is 7.02. The number of Topliss-reactive ketones (excluding diaryl/α,β-unsaturated/α-hetero) is 2. The molecule has 0 spiro atoms. The minimum atomic E-state index is -1.00. The molecule has 1 radical (unpaired) electrons. The minimum Gasteiger partial charge on any atom is -0.294 e. The van der Waals surface area contributed by atoms with Gasteiger partial charge in [0.05, 0.1) is 6.42 Å². The second-order valence-corrected chi connectivity index (χ2v) is 4.12. The molecule has 113 valence electrons. The first kappa shape index (κ1) is 17.6. The lowest BCUT2D eigenvalue weighted by molar-refractivity contribution is 0.0894. The molecule has 2 rings (SSSR count). The van der Waals surface area contributed by atoms with Crippen LogP contribution in [0.3, 0.4) is 0 Å². The number of hydrogen-bond donors (Lipinski definition) is 0. The normalized spacial score (nSPS) is 9.45. The van der Waals surface area contributed by atoms with Gasteiger partial charge in [0.25, 0.3) is 0 Å². The van der Waals surface area contributed by atoms with Crippen LogP contribution in [0, 0.1) is 11.6 Å². The quantitative estimate of drug-likeness (QED) is 0.372. The van der Waals surface area contributed by atoms with Crippen molar-refractivity contribution in [2.75, 3.05) is 0 Å². The number of carbonyl (C=O) groups excluding carboxylic acids is 2. The van der Waals surface area contributed by atoms with E-state index < -0.39 is 31.0 Å². The Morgan fingerprint density at radius 2 is 1.00 bits per heavy atom. The van der Waals surface area contributed by atoms with Gasteiger partial charge in [-0.25, -0.2) is 8.78 Å². The van der Waals surface area contributed by atoms with Crippen LogP contribution in [0.2, 0.25) is 0 Å². The van der Waals surface area contributed by atoms with Crippen molar-refractivity contribution in [3.05, 3.63) is 71.3 Å². The monoisotopic (exact) mass is 309 g/mol. The van der Waals surface area contributed by atoms with Crippen LogP contribution < -0.4 is 0 Å². The van der Waals surface area contributed by atoms with E-state index in [0.29, 0.717) is 0 Å². The first-order valence-corrected chi connectivity index (χ1v) is 6.07. The molecule has 0 fully saturated rings. The topological polar surface area (TPSA) is 34.1 Å². The van der Waals surface area contributed by atoms with Crippen molar-refractivity contribution in [2.45, 2.75) is 6.42 Å². The lowest BCUT2D eigenvalue weighted by Crippen LogP contribution is -2.08. The van der Waals surface area contributed by atoms with Crippen molar-refractivity contribution >= 4 is 19.4 Å². The summed E-state index contributed by atoms with van der Waals surface area (Å²) in [5, 5.41) is 0. The van der Waals surface area contributed by atoms with Gasteiger partial charge in [0.1, 0.15) is 11.6 Å². The molecule has 0 aromatic heterocycles. The van der Waals surface area contributed by atoms with Crippen molar-refractivity contribution in [3.8, 4) is 0 Å². The molecule has 2 nitrogen and oxygen atoms in total. The summed E-state index contributed by atoms with van der Waals surface area (Å²) in [6, 6.07) is 9.97. The first-order valence-electron chi connectivity index (χ1n) is 6.07. The summed E-state index contributed by atoms with van der Waals surface area (Å²) in [5.41, 5.74) is 0.550. The molecule has 0 atom stereocenters. The third-order valence-corrected chi connectivity index (χ3v) is 2.65. The average molecular weight is 309 g/mol. The second kappa shape index (κ2) is 8.76. The van der Waals surface area contributed by atoms with Crippen LogP contribution in [0.15, 0.2) is 48.5 Å². The maximum atomic E-state index is 12.7. The summed E-state index contributed by atoms with van der Waals surface area (Å²) < 4.78 is 44.4. The third kappa shape index (κ3) is 5.51. The molecular weight excluding hydrogens is 299 g/mol. The fourth-order valence-electron chi connectivity index (χ4n) is 1.62. The number of carbonyl (C=O) groups is 2. The summed E-state index contributed by atoms with van der Waals surface area (Å²) in [4.78, 5) is 23.6. The lowest BCUT2D eigenvalue weighted by Gasteiger charge is -2.01. The van der Waals surface area contributed by atoms with Gasteiger partial charge in [-0.1, -0.05) is 0 Å². The van der Waals surface area contributed by atoms with Gasteiger partial charge in [-0.3, -0.25) is 18.2 Å². The SMILES string of the molecule is F[B]F.O=C(CC(=O)c1ccc(F)cc1)c1ccc(F)cc1. The molecule has 0 heterocycles. The predicted octanol–water partition coefficient (Wildman–Crippen LogP) is 3.88. The van der Waals surface area contributed by atoms with Gasteiger partial charge in [0.15, 0.2) is 11.6 Å². The molecule has 22 heavy (non-hydrogen) atoms. The van der Waals surface area contributed by atoms with E-state index in [4.69, 9.17) is 0 Å². The van der Waals surface area contributed by atoms with Crippen LogP contribution in [0.5, 0.6) is 0 Å². The first-order chi connectivity index (χ1) is 10.5. The lowest BCUT2D eigenvalue weighted by atomic mass is 10.0. The maximum Gasteiger partial charge on any atom is 0.577 e. The van der Waals surface area contributed by atoms with E-state index in [2.05, 4.69) is 0 Å². The Morgan fingerprint density at radius 1 is 0.727 bits per heavy atom. The van der Waals surface area contributed by atoms with E-state index in [9.17, 15) is 27.0 Å². The Bertz CT molecular complexity index is 571. The fraction of sp³-hybridized carbons (Fsp3) is 0.0667. The Labute approximate surface area is 125 Å². The molecule has 0 N–H and O–H groups in total. The second-order valence-electron chi connectivity index (χ2n) is 4.12. The minimum absolute atomic E-state index is 0.275. The van der Waals surface area contributed by atoms with Gasteiger partial charge < -0.3 is 0 Å². The highest BCUT2D eigenvalue weighted by molar-refractivity contribution is 6.15. The number of hydrogen-bond acceptors (Lipinski definition) is 2. The van der Waals surface area contributed by atoms with Gasteiger partial charge in [-0.15, -0.1) is 0 Å². The van der Waals surface area contributed by atoms with Gasteiger partial charge >= 0.3 is 7.83 Å². The van der Waals surface area contributed by atoms with Gasteiger partial charge in [0, 0.05) is 11.1 Å². The van der Waals surface area contributed by atoms with E-state index in [1.54, 1.807) is 0 Å². The smallest absolute Gasteiger partial charge is 0.294 e. The molecule has 0 saturated heterocycles. The Morgan fingerprint density at radius 3 is 1.27 bits per heavy atom. The molecule has 0 aliphatic heterocycles. The standard InChI is InChI=1S/C15H10F2O2.BF2/c16-12-5-1-10(2-6-12)14(18)9-15(19)11-3-7-13(17)8-4-11;2-1-3/h1-8H,9H2;. The predicted molar refractivity (Wildman–Crippen MR) is 74.0 cm³/mol.